The van der Waals surface area contributed by atoms with E-state index >= 15 is 0 Å². The topological polar surface area (TPSA) is 50.7 Å². The van der Waals surface area contributed by atoms with E-state index in [0.29, 0.717) is 10.2 Å². The first-order valence-electron chi connectivity index (χ1n) is 5.03. The molecule has 0 saturated carbocycles. The van der Waals surface area contributed by atoms with Crippen molar-refractivity contribution in [1.82, 2.24) is 15.2 Å². The maximum Gasteiger partial charge on any atom is 0.210 e. The van der Waals surface area contributed by atoms with Gasteiger partial charge < -0.3 is 5.32 Å². The molecule has 1 N–H and O–H groups in total. The molecular formula is C11H6BrClN4S. The molecule has 0 aliphatic rings. The summed E-state index contributed by atoms with van der Waals surface area (Å²) in [6.45, 7) is 0. The molecule has 90 valence electrons. The Balaban J connectivity index is 2.09. The third-order valence-electron chi connectivity index (χ3n) is 2.36. The second-order valence-corrected chi connectivity index (χ2v) is 6.14. The molecule has 2 aromatic heterocycles. The summed E-state index contributed by atoms with van der Waals surface area (Å²) in [6, 6.07) is 7.52. The van der Waals surface area contributed by atoms with Gasteiger partial charge in [0.2, 0.25) is 5.13 Å². The highest BCUT2D eigenvalue weighted by Crippen LogP contribution is 2.31. The number of benzene rings is 1. The molecule has 7 heteroatoms. The number of rotatable bonds is 2. The van der Waals surface area contributed by atoms with Crippen molar-refractivity contribution >= 4 is 60.6 Å². The second-order valence-electron chi connectivity index (χ2n) is 3.48. The van der Waals surface area contributed by atoms with Gasteiger partial charge in [-0.15, -0.1) is 10.2 Å². The Morgan fingerprint density at radius 2 is 2.11 bits per heavy atom. The van der Waals surface area contributed by atoms with Gasteiger partial charge in [0.15, 0.2) is 3.92 Å². The summed E-state index contributed by atoms with van der Waals surface area (Å²) < 4.78 is 0.733. The SMILES string of the molecule is Clc1ccc(Nc2nnc(Br)s2)c2ncccc12. The Morgan fingerprint density at radius 1 is 1.22 bits per heavy atom. The van der Waals surface area contributed by atoms with Gasteiger partial charge >= 0.3 is 0 Å². The van der Waals surface area contributed by atoms with Crippen molar-refractivity contribution in [3.63, 3.8) is 0 Å². The van der Waals surface area contributed by atoms with Crippen LogP contribution in [0.15, 0.2) is 34.4 Å². The molecule has 0 bridgehead atoms. The predicted octanol–water partition coefficient (Wildman–Crippen LogP) is 4.25. The monoisotopic (exact) mass is 340 g/mol. The number of nitrogens with zero attached hydrogens (tertiary/aromatic N) is 3. The fraction of sp³-hybridized carbons (Fsp3) is 0. The fourth-order valence-electron chi connectivity index (χ4n) is 1.61. The van der Waals surface area contributed by atoms with Crippen molar-refractivity contribution in [2.24, 2.45) is 0 Å². The average molecular weight is 342 g/mol. The third-order valence-corrected chi connectivity index (χ3v) is 3.96. The van der Waals surface area contributed by atoms with E-state index in [1.54, 1.807) is 6.20 Å². The smallest absolute Gasteiger partial charge is 0.210 e. The number of nitrogens with one attached hydrogen (secondary N) is 1. The maximum absolute atomic E-state index is 6.14. The van der Waals surface area contributed by atoms with Crippen LogP contribution in [0.5, 0.6) is 0 Å². The first kappa shape index (κ1) is 11.8. The van der Waals surface area contributed by atoms with E-state index in [0.717, 1.165) is 20.5 Å². The predicted molar refractivity (Wildman–Crippen MR) is 77.6 cm³/mol. The van der Waals surface area contributed by atoms with E-state index in [1.165, 1.54) is 11.3 Å². The van der Waals surface area contributed by atoms with E-state index in [9.17, 15) is 0 Å². The zero-order valence-electron chi connectivity index (χ0n) is 8.89. The van der Waals surface area contributed by atoms with Crippen LogP contribution in [-0.2, 0) is 0 Å². The number of aromatic nitrogens is 3. The van der Waals surface area contributed by atoms with Gasteiger partial charge in [-0.05, 0) is 40.2 Å². The Hall–Kier alpha value is -1.24. The Kier molecular flexibility index (Phi) is 3.15. The van der Waals surface area contributed by atoms with Gasteiger partial charge in [0.05, 0.1) is 16.2 Å². The summed E-state index contributed by atoms with van der Waals surface area (Å²) in [5.41, 5.74) is 1.68. The molecule has 0 unspecified atom stereocenters. The third kappa shape index (κ3) is 2.19. The quantitative estimate of drug-likeness (QED) is 0.757. The molecule has 0 atom stereocenters. The minimum absolute atomic E-state index is 0.682. The van der Waals surface area contributed by atoms with E-state index in [1.807, 2.05) is 24.3 Å². The minimum atomic E-state index is 0.682. The fourth-order valence-corrected chi connectivity index (χ4v) is 2.85. The van der Waals surface area contributed by atoms with E-state index < -0.39 is 0 Å². The number of anilines is 2. The molecule has 0 aliphatic carbocycles. The highest BCUT2D eigenvalue weighted by atomic mass is 79.9. The van der Waals surface area contributed by atoms with Crippen molar-refractivity contribution in [3.8, 4) is 0 Å². The molecule has 18 heavy (non-hydrogen) atoms. The summed E-state index contributed by atoms with van der Waals surface area (Å²) in [5, 5.41) is 13.4. The van der Waals surface area contributed by atoms with Gasteiger partial charge in [0, 0.05) is 11.6 Å². The normalized spacial score (nSPS) is 10.8. The largest absolute Gasteiger partial charge is 0.328 e. The second kappa shape index (κ2) is 4.79. The maximum atomic E-state index is 6.14. The minimum Gasteiger partial charge on any atom is -0.328 e. The van der Waals surface area contributed by atoms with Crippen LogP contribution in [0, 0.1) is 0 Å². The summed E-state index contributed by atoms with van der Waals surface area (Å²) in [6.07, 6.45) is 1.74. The molecule has 3 aromatic rings. The molecule has 3 rings (SSSR count). The zero-order chi connectivity index (χ0) is 12.5. The van der Waals surface area contributed by atoms with Crippen molar-refractivity contribution in [2.75, 3.05) is 5.32 Å². The Morgan fingerprint density at radius 3 is 2.89 bits per heavy atom. The van der Waals surface area contributed by atoms with Gasteiger partial charge in [0.25, 0.3) is 0 Å². The van der Waals surface area contributed by atoms with E-state index in [-0.39, 0.29) is 0 Å². The highest BCUT2D eigenvalue weighted by molar-refractivity contribution is 9.11. The standard InChI is InChI=1S/C11H6BrClN4S/c12-10-16-17-11(18-10)15-8-4-3-7(13)6-2-1-5-14-9(6)8/h1-5H,(H,15,17). The molecule has 0 amide bonds. The molecule has 0 fully saturated rings. The van der Waals surface area contributed by atoms with Crippen LogP contribution in [0.1, 0.15) is 0 Å². The molecule has 0 saturated heterocycles. The van der Waals surface area contributed by atoms with Gasteiger partial charge in [-0.2, -0.15) is 0 Å². The summed E-state index contributed by atoms with van der Waals surface area (Å²) in [7, 11) is 0. The number of fused-ring (bicyclic) bond motifs is 1. The van der Waals surface area contributed by atoms with Crippen LogP contribution in [0.2, 0.25) is 5.02 Å². The van der Waals surface area contributed by atoms with Crippen LogP contribution in [-0.4, -0.2) is 15.2 Å². The van der Waals surface area contributed by atoms with Crippen molar-refractivity contribution < 1.29 is 0 Å². The lowest BCUT2D eigenvalue weighted by Gasteiger charge is -2.06. The van der Waals surface area contributed by atoms with Crippen molar-refractivity contribution in [2.45, 2.75) is 0 Å². The summed E-state index contributed by atoms with van der Waals surface area (Å²) in [4.78, 5) is 4.34. The molecule has 0 radical (unpaired) electrons. The first-order valence-corrected chi connectivity index (χ1v) is 7.02. The van der Waals surface area contributed by atoms with Crippen molar-refractivity contribution in [3.05, 3.63) is 39.4 Å². The van der Waals surface area contributed by atoms with E-state index in [2.05, 4.69) is 36.4 Å². The van der Waals surface area contributed by atoms with Crippen LogP contribution in [0.25, 0.3) is 10.9 Å². The number of hydrogen-bond acceptors (Lipinski definition) is 5. The average Bonchev–Trinajstić information content (AvgIpc) is 2.79. The van der Waals surface area contributed by atoms with Gasteiger partial charge in [-0.1, -0.05) is 22.9 Å². The number of halogens is 2. The van der Waals surface area contributed by atoms with Gasteiger partial charge in [-0.3, -0.25) is 4.98 Å². The first-order chi connectivity index (χ1) is 8.74. The number of pyridine rings is 1. The van der Waals surface area contributed by atoms with Crippen molar-refractivity contribution in [1.29, 1.82) is 0 Å². The van der Waals surface area contributed by atoms with Crippen LogP contribution in [0.4, 0.5) is 10.8 Å². The molecule has 0 spiro atoms. The van der Waals surface area contributed by atoms with Gasteiger partial charge in [0.1, 0.15) is 0 Å². The molecule has 2 heterocycles. The van der Waals surface area contributed by atoms with Crippen LogP contribution in [0.3, 0.4) is 0 Å². The zero-order valence-corrected chi connectivity index (χ0v) is 12.1. The van der Waals surface area contributed by atoms with Gasteiger partial charge in [-0.25, -0.2) is 0 Å². The highest BCUT2D eigenvalue weighted by Gasteiger charge is 2.08. The molecular weight excluding hydrogens is 336 g/mol. The summed E-state index contributed by atoms with van der Waals surface area (Å²) >= 11 is 10.8. The lowest BCUT2D eigenvalue weighted by molar-refractivity contribution is 1.07. The lowest BCUT2D eigenvalue weighted by Crippen LogP contribution is -1.92. The van der Waals surface area contributed by atoms with E-state index in [4.69, 9.17) is 11.6 Å². The number of hydrogen-bond donors (Lipinski definition) is 1. The summed E-state index contributed by atoms with van der Waals surface area (Å²) in [5.74, 6) is 0. The molecule has 4 nitrogen and oxygen atoms in total. The lowest BCUT2D eigenvalue weighted by atomic mass is 10.2. The van der Waals surface area contributed by atoms with Crippen LogP contribution < -0.4 is 5.32 Å². The molecule has 0 aliphatic heterocycles. The molecule has 1 aromatic carbocycles. The Labute approximate surface area is 120 Å². The van der Waals surface area contributed by atoms with Crippen LogP contribution >= 0.6 is 38.9 Å². The Bertz CT molecular complexity index is 715.